The number of carbonyl (C=O) groups excluding carboxylic acids is 1. The summed E-state index contributed by atoms with van der Waals surface area (Å²) in [7, 11) is 0. The quantitative estimate of drug-likeness (QED) is 0.132. The molecule has 4 rings (SSSR count). The first-order valence-corrected chi connectivity index (χ1v) is 10.5. The van der Waals surface area contributed by atoms with E-state index in [2.05, 4.69) is 0 Å². The molecule has 1 atom stereocenters. The normalized spacial score (nSPS) is 12.8. The van der Waals surface area contributed by atoms with Crippen LogP contribution in [0.4, 0.5) is 0 Å². The van der Waals surface area contributed by atoms with Crippen molar-refractivity contribution in [1.29, 1.82) is 0 Å². The minimum absolute atomic E-state index is 0.0427. The molecule has 3 aromatic rings. The average Bonchev–Trinajstić information content (AvgIpc) is 3.01. The number of benzene rings is 3. The van der Waals surface area contributed by atoms with Gasteiger partial charge in [-0.15, -0.1) is 0 Å². The lowest BCUT2D eigenvalue weighted by Crippen LogP contribution is -2.28. The standard InChI is InChI=1S/C26H20O10/c27-17-6-1-13(9-19(17)29)10-23(26(33)34)35-24(32)8-4-14-3-7-18(28)25-16(14)5-2-15-11-20(30)21(31)12-22(15)36-25/h1-9,11-12,23,27-31H,10H2,(H,33,34)/b8-4+/t23-/m0/s1. The molecule has 10 nitrogen and oxygen atoms in total. The molecule has 0 radical (unpaired) electrons. The summed E-state index contributed by atoms with van der Waals surface area (Å²) in [4.78, 5) is 24.0. The van der Waals surface area contributed by atoms with Gasteiger partial charge in [-0.25, -0.2) is 9.59 Å². The third-order valence-corrected chi connectivity index (χ3v) is 5.35. The molecule has 0 unspecified atom stereocenters. The van der Waals surface area contributed by atoms with E-state index < -0.39 is 29.5 Å². The van der Waals surface area contributed by atoms with Gasteiger partial charge >= 0.3 is 11.9 Å². The highest BCUT2D eigenvalue weighted by Gasteiger charge is 2.23. The van der Waals surface area contributed by atoms with E-state index in [-0.39, 0.29) is 35.2 Å². The zero-order chi connectivity index (χ0) is 26.0. The summed E-state index contributed by atoms with van der Waals surface area (Å²) in [5.74, 6) is -3.89. The molecular formula is C26H20O10. The number of hydrogen-bond donors (Lipinski definition) is 6. The molecule has 0 aromatic heterocycles. The van der Waals surface area contributed by atoms with E-state index in [0.717, 1.165) is 6.08 Å². The Labute approximate surface area is 203 Å². The fourth-order valence-electron chi connectivity index (χ4n) is 3.53. The maximum absolute atomic E-state index is 12.4. The summed E-state index contributed by atoms with van der Waals surface area (Å²) >= 11 is 0. The molecule has 6 N–H and O–H groups in total. The molecule has 0 spiro atoms. The van der Waals surface area contributed by atoms with Gasteiger partial charge in [0.2, 0.25) is 6.10 Å². The number of rotatable bonds is 6. The zero-order valence-electron chi connectivity index (χ0n) is 18.5. The number of carbonyl (C=O) groups is 2. The molecule has 3 aromatic carbocycles. The van der Waals surface area contributed by atoms with E-state index >= 15 is 0 Å². The van der Waals surface area contributed by atoms with Gasteiger partial charge < -0.3 is 40.1 Å². The van der Waals surface area contributed by atoms with Gasteiger partial charge in [-0.1, -0.05) is 18.2 Å². The van der Waals surface area contributed by atoms with Gasteiger partial charge in [-0.05, 0) is 47.5 Å². The number of carboxylic acids is 1. The van der Waals surface area contributed by atoms with Crippen molar-refractivity contribution in [3.8, 4) is 40.2 Å². The first kappa shape index (κ1) is 24.0. The lowest BCUT2D eigenvalue weighted by atomic mass is 10.0. The summed E-state index contributed by atoms with van der Waals surface area (Å²) in [5, 5.41) is 58.2. The monoisotopic (exact) mass is 492 g/mol. The number of carboxylic acid groups (broad SMARTS) is 1. The number of aliphatic carboxylic acids is 1. The van der Waals surface area contributed by atoms with Crippen molar-refractivity contribution in [3.05, 3.63) is 70.8 Å². The molecular weight excluding hydrogens is 472 g/mol. The number of phenols is 5. The number of hydrogen-bond acceptors (Lipinski definition) is 9. The van der Waals surface area contributed by atoms with Crippen molar-refractivity contribution < 1.29 is 49.7 Å². The second-order valence-corrected chi connectivity index (χ2v) is 7.86. The van der Waals surface area contributed by atoms with Gasteiger partial charge in [0.15, 0.2) is 34.5 Å². The predicted octanol–water partition coefficient (Wildman–Crippen LogP) is 3.74. The van der Waals surface area contributed by atoms with Crippen LogP contribution in [-0.4, -0.2) is 48.7 Å². The molecule has 10 heteroatoms. The highest BCUT2D eigenvalue weighted by molar-refractivity contribution is 5.91. The third kappa shape index (κ3) is 5.02. The first-order valence-electron chi connectivity index (χ1n) is 10.5. The lowest BCUT2D eigenvalue weighted by Gasteiger charge is -2.14. The van der Waals surface area contributed by atoms with Crippen LogP contribution >= 0.6 is 0 Å². The van der Waals surface area contributed by atoms with E-state index in [1.165, 1.54) is 48.5 Å². The Morgan fingerprint density at radius 2 is 1.56 bits per heavy atom. The SMILES string of the molecule is O=C(/C=C/c1ccc(O)c2c1C=Cc1cc(O)c(O)cc1O2)O[C@@H](Cc1ccc(O)c(O)c1)C(=O)O. The maximum Gasteiger partial charge on any atom is 0.345 e. The Balaban J connectivity index is 1.55. The van der Waals surface area contributed by atoms with Crippen LogP contribution in [-0.2, 0) is 20.7 Å². The Kier molecular flexibility index (Phi) is 6.42. The number of ether oxygens (including phenoxy) is 2. The highest BCUT2D eigenvalue weighted by atomic mass is 16.6. The molecule has 0 aliphatic carbocycles. The second-order valence-electron chi connectivity index (χ2n) is 7.86. The van der Waals surface area contributed by atoms with Crippen molar-refractivity contribution in [2.75, 3.05) is 0 Å². The van der Waals surface area contributed by atoms with E-state index in [9.17, 15) is 40.2 Å². The van der Waals surface area contributed by atoms with Crippen LogP contribution in [0.3, 0.4) is 0 Å². The van der Waals surface area contributed by atoms with Gasteiger partial charge in [0.25, 0.3) is 0 Å². The van der Waals surface area contributed by atoms with Gasteiger partial charge in [-0.3, -0.25) is 0 Å². The minimum atomic E-state index is -1.55. The van der Waals surface area contributed by atoms with Gasteiger partial charge in [0.1, 0.15) is 5.75 Å². The molecule has 0 saturated heterocycles. The number of fused-ring (bicyclic) bond motifs is 2. The Bertz CT molecular complexity index is 1420. The summed E-state index contributed by atoms with van der Waals surface area (Å²) in [6.45, 7) is 0. The molecule has 0 bridgehead atoms. The van der Waals surface area contributed by atoms with E-state index in [1.807, 2.05) is 0 Å². The Morgan fingerprint density at radius 1 is 0.861 bits per heavy atom. The van der Waals surface area contributed by atoms with Crippen molar-refractivity contribution in [2.24, 2.45) is 0 Å². The number of esters is 1. The van der Waals surface area contributed by atoms with E-state index in [0.29, 0.717) is 22.3 Å². The molecule has 36 heavy (non-hydrogen) atoms. The van der Waals surface area contributed by atoms with E-state index in [4.69, 9.17) is 9.47 Å². The Morgan fingerprint density at radius 3 is 2.28 bits per heavy atom. The average molecular weight is 492 g/mol. The van der Waals surface area contributed by atoms with Crippen LogP contribution in [0.2, 0.25) is 0 Å². The highest BCUT2D eigenvalue weighted by Crippen LogP contribution is 2.44. The lowest BCUT2D eigenvalue weighted by molar-refractivity contribution is -0.160. The smallest absolute Gasteiger partial charge is 0.345 e. The fraction of sp³-hybridized carbons (Fsp3) is 0.0769. The summed E-state index contributed by atoms with van der Waals surface area (Å²) in [6.07, 6.45) is 3.74. The van der Waals surface area contributed by atoms with Crippen molar-refractivity contribution >= 4 is 30.2 Å². The fourth-order valence-corrected chi connectivity index (χ4v) is 3.53. The summed E-state index contributed by atoms with van der Waals surface area (Å²) in [6, 6.07) is 9.08. The molecule has 0 fully saturated rings. The summed E-state index contributed by atoms with van der Waals surface area (Å²) < 4.78 is 10.8. The van der Waals surface area contributed by atoms with Crippen molar-refractivity contribution in [1.82, 2.24) is 0 Å². The van der Waals surface area contributed by atoms with Crippen LogP contribution in [0.25, 0.3) is 18.2 Å². The zero-order valence-corrected chi connectivity index (χ0v) is 18.5. The molecule has 0 amide bonds. The maximum atomic E-state index is 12.4. The van der Waals surface area contributed by atoms with Crippen LogP contribution in [0.5, 0.6) is 40.2 Å². The molecule has 0 saturated carbocycles. The molecule has 1 aliphatic rings. The van der Waals surface area contributed by atoms with Crippen LogP contribution < -0.4 is 4.74 Å². The van der Waals surface area contributed by atoms with Crippen molar-refractivity contribution in [3.63, 3.8) is 0 Å². The first-order chi connectivity index (χ1) is 17.1. The second kappa shape index (κ2) is 9.63. The van der Waals surface area contributed by atoms with Crippen LogP contribution in [0, 0.1) is 0 Å². The van der Waals surface area contributed by atoms with Crippen molar-refractivity contribution in [2.45, 2.75) is 12.5 Å². The van der Waals surface area contributed by atoms with Gasteiger partial charge in [-0.2, -0.15) is 0 Å². The molecule has 1 heterocycles. The number of aromatic hydroxyl groups is 5. The largest absolute Gasteiger partial charge is 0.504 e. The topological polar surface area (TPSA) is 174 Å². The Hall–Kier alpha value is -5.12. The number of phenolic OH excluding ortho intramolecular Hbond substituents is 5. The van der Waals surface area contributed by atoms with Gasteiger partial charge in [0.05, 0.1) is 0 Å². The molecule has 184 valence electrons. The summed E-state index contributed by atoms with van der Waals surface area (Å²) in [5.41, 5.74) is 1.56. The van der Waals surface area contributed by atoms with Gasteiger partial charge in [0, 0.05) is 29.7 Å². The van der Waals surface area contributed by atoms with Crippen LogP contribution in [0.1, 0.15) is 22.3 Å². The minimum Gasteiger partial charge on any atom is -0.504 e. The predicted molar refractivity (Wildman–Crippen MR) is 127 cm³/mol. The van der Waals surface area contributed by atoms with E-state index in [1.54, 1.807) is 12.2 Å². The molecule has 1 aliphatic heterocycles. The van der Waals surface area contributed by atoms with Crippen LogP contribution in [0.15, 0.2) is 48.5 Å². The third-order valence-electron chi connectivity index (χ3n) is 5.35.